The molecular formula is C22H15BrN2O4. The quantitative estimate of drug-likeness (QED) is 0.354. The Balaban J connectivity index is 1.94. The van der Waals surface area contributed by atoms with Gasteiger partial charge in [-0.3, -0.25) is 19.5 Å². The van der Waals surface area contributed by atoms with Gasteiger partial charge in [-0.1, -0.05) is 40.2 Å². The van der Waals surface area contributed by atoms with Crippen molar-refractivity contribution in [2.75, 3.05) is 4.90 Å². The van der Waals surface area contributed by atoms with E-state index in [1.54, 1.807) is 54.7 Å². The van der Waals surface area contributed by atoms with Crippen molar-refractivity contribution < 1.29 is 19.8 Å². The van der Waals surface area contributed by atoms with Crippen molar-refractivity contribution in [2.24, 2.45) is 0 Å². The number of carbonyl (C=O) groups excluding carboxylic acids is 2. The molecule has 2 N–H and O–H groups in total. The molecule has 0 aliphatic carbocycles. The Labute approximate surface area is 174 Å². The van der Waals surface area contributed by atoms with E-state index in [0.29, 0.717) is 16.8 Å². The Morgan fingerprint density at radius 2 is 1.69 bits per heavy atom. The number of Topliss-reactive ketones (excluding diaryl/α,β-unsaturated/α-hetero) is 1. The molecule has 1 amide bonds. The zero-order valence-corrected chi connectivity index (χ0v) is 16.6. The van der Waals surface area contributed by atoms with Gasteiger partial charge in [0.05, 0.1) is 23.5 Å². The summed E-state index contributed by atoms with van der Waals surface area (Å²) in [5, 5.41) is 20.6. The third kappa shape index (κ3) is 3.40. The van der Waals surface area contributed by atoms with Crippen molar-refractivity contribution in [1.82, 2.24) is 4.98 Å². The van der Waals surface area contributed by atoms with Crippen LogP contribution in [0.15, 0.2) is 83.1 Å². The maximum atomic E-state index is 12.9. The Morgan fingerprint density at radius 1 is 1.00 bits per heavy atom. The molecule has 0 saturated carbocycles. The fourth-order valence-electron chi connectivity index (χ4n) is 3.33. The molecule has 1 saturated heterocycles. The predicted octanol–water partition coefficient (Wildman–Crippen LogP) is 4.18. The van der Waals surface area contributed by atoms with E-state index in [0.717, 1.165) is 4.47 Å². The first-order chi connectivity index (χ1) is 14.0. The summed E-state index contributed by atoms with van der Waals surface area (Å²) in [6.45, 7) is 0. The highest BCUT2D eigenvalue weighted by Gasteiger charge is 2.47. The lowest BCUT2D eigenvalue weighted by atomic mass is 9.95. The van der Waals surface area contributed by atoms with Gasteiger partial charge in [-0.2, -0.15) is 0 Å². The topological polar surface area (TPSA) is 90.7 Å². The van der Waals surface area contributed by atoms with Crippen molar-refractivity contribution in [3.05, 3.63) is 94.2 Å². The molecule has 2 heterocycles. The second-order valence-electron chi connectivity index (χ2n) is 6.48. The van der Waals surface area contributed by atoms with Gasteiger partial charge in [0.15, 0.2) is 0 Å². The number of anilines is 1. The van der Waals surface area contributed by atoms with Gasteiger partial charge in [0, 0.05) is 16.2 Å². The third-order valence-corrected chi connectivity index (χ3v) is 5.22. The molecule has 1 atom stereocenters. The standard InChI is InChI=1S/C22H15BrN2O4/c23-15-7-3-14(4-8-15)20(27)18-19(13-5-9-17(26)10-6-13)25(22(29)21(18)28)16-2-1-11-24-12-16/h1-12,19,26-27H/b20-18+. The number of hydrogen-bond donors (Lipinski definition) is 2. The van der Waals surface area contributed by atoms with E-state index < -0.39 is 17.7 Å². The molecule has 4 rings (SSSR count). The van der Waals surface area contributed by atoms with Crippen molar-refractivity contribution in [3.63, 3.8) is 0 Å². The molecule has 0 spiro atoms. The number of phenolic OH excluding ortho intramolecular Hbond substituents is 1. The fourth-order valence-corrected chi connectivity index (χ4v) is 3.59. The zero-order chi connectivity index (χ0) is 20.5. The Morgan fingerprint density at radius 3 is 2.31 bits per heavy atom. The van der Waals surface area contributed by atoms with Crippen LogP contribution in [-0.4, -0.2) is 26.9 Å². The number of hydrogen-bond acceptors (Lipinski definition) is 5. The summed E-state index contributed by atoms with van der Waals surface area (Å²) in [5.74, 6) is -1.75. The molecule has 7 heteroatoms. The molecule has 144 valence electrons. The van der Waals surface area contributed by atoms with E-state index in [-0.39, 0.29) is 17.1 Å². The fraction of sp³-hybridized carbons (Fsp3) is 0.0455. The Hall–Kier alpha value is -3.45. The van der Waals surface area contributed by atoms with Gasteiger partial charge in [0.25, 0.3) is 11.7 Å². The minimum Gasteiger partial charge on any atom is -0.508 e. The molecule has 1 aliphatic heterocycles. The van der Waals surface area contributed by atoms with E-state index in [2.05, 4.69) is 20.9 Å². The number of aliphatic hydroxyl groups excluding tert-OH is 1. The van der Waals surface area contributed by atoms with E-state index in [1.165, 1.54) is 23.2 Å². The zero-order valence-electron chi connectivity index (χ0n) is 15.0. The number of aromatic nitrogens is 1. The number of carbonyl (C=O) groups is 2. The van der Waals surface area contributed by atoms with Crippen molar-refractivity contribution >= 4 is 39.1 Å². The molecule has 29 heavy (non-hydrogen) atoms. The normalized spacial score (nSPS) is 18.2. The molecule has 1 fully saturated rings. The minimum absolute atomic E-state index is 0.0214. The summed E-state index contributed by atoms with van der Waals surface area (Å²) in [5.41, 5.74) is 1.40. The highest BCUT2D eigenvalue weighted by atomic mass is 79.9. The number of pyridine rings is 1. The Kier molecular flexibility index (Phi) is 4.90. The molecular weight excluding hydrogens is 436 g/mol. The van der Waals surface area contributed by atoms with Crippen LogP contribution < -0.4 is 4.90 Å². The number of phenols is 1. The van der Waals surface area contributed by atoms with Gasteiger partial charge in [0.1, 0.15) is 11.5 Å². The number of amides is 1. The molecule has 1 aromatic heterocycles. The molecule has 3 aromatic rings. The van der Waals surface area contributed by atoms with Crippen molar-refractivity contribution in [2.45, 2.75) is 6.04 Å². The lowest BCUT2D eigenvalue weighted by Gasteiger charge is -2.25. The summed E-state index contributed by atoms with van der Waals surface area (Å²) in [4.78, 5) is 31.2. The van der Waals surface area contributed by atoms with Gasteiger partial charge in [-0.05, 0) is 42.0 Å². The van der Waals surface area contributed by atoms with Crippen LogP contribution in [0.4, 0.5) is 5.69 Å². The molecule has 2 aromatic carbocycles. The molecule has 0 bridgehead atoms. The van der Waals surface area contributed by atoms with Crippen LogP contribution >= 0.6 is 15.9 Å². The summed E-state index contributed by atoms with van der Waals surface area (Å²) < 4.78 is 0.819. The predicted molar refractivity (Wildman–Crippen MR) is 111 cm³/mol. The molecule has 1 aliphatic rings. The van der Waals surface area contributed by atoms with Gasteiger partial charge < -0.3 is 10.2 Å². The van der Waals surface area contributed by atoms with E-state index in [1.807, 2.05) is 0 Å². The number of halogens is 1. The summed E-state index contributed by atoms with van der Waals surface area (Å²) in [6.07, 6.45) is 3.05. The highest BCUT2D eigenvalue weighted by molar-refractivity contribution is 9.10. The first kappa shape index (κ1) is 18.9. The van der Waals surface area contributed by atoms with Crippen LogP contribution in [0, 0.1) is 0 Å². The maximum absolute atomic E-state index is 12.9. The van der Waals surface area contributed by atoms with Gasteiger partial charge >= 0.3 is 0 Å². The number of nitrogens with zero attached hydrogens (tertiary/aromatic N) is 2. The van der Waals surface area contributed by atoms with Crippen LogP contribution in [0.3, 0.4) is 0 Å². The summed E-state index contributed by atoms with van der Waals surface area (Å²) >= 11 is 3.34. The second-order valence-corrected chi connectivity index (χ2v) is 7.39. The van der Waals surface area contributed by atoms with Crippen LogP contribution in [0.5, 0.6) is 5.75 Å². The first-order valence-electron chi connectivity index (χ1n) is 8.73. The van der Waals surface area contributed by atoms with E-state index >= 15 is 0 Å². The van der Waals surface area contributed by atoms with Gasteiger partial charge in [0.2, 0.25) is 0 Å². The van der Waals surface area contributed by atoms with Crippen LogP contribution in [0.25, 0.3) is 5.76 Å². The van der Waals surface area contributed by atoms with E-state index in [4.69, 9.17) is 0 Å². The van der Waals surface area contributed by atoms with E-state index in [9.17, 15) is 19.8 Å². The number of aromatic hydroxyl groups is 1. The van der Waals surface area contributed by atoms with Gasteiger partial charge in [-0.25, -0.2) is 0 Å². The largest absolute Gasteiger partial charge is 0.508 e. The van der Waals surface area contributed by atoms with Crippen molar-refractivity contribution in [3.8, 4) is 5.75 Å². The molecule has 6 nitrogen and oxygen atoms in total. The molecule has 0 radical (unpaired) electrons. The van der Waals surface area contributed by atoms with Crippen molar-refractivity contribution in [1.29, 1.82) is 0 Å². The van der Waals surface area contributed by atoms with Crippen LogP contribution in [0.2, 0.25) is 0 Å². The van der Waals surface area contributed by atoms with Gasteiger partial charge in [-0.15, -0.1) is 0 Å². The number of benzene rings is 2. The number of ketones is 1. The summed E-state index contributed by atoms with van der Waals surface area (Å²) in [7, 11) is 0. The van der Waals surface area contributed by atoms with Crippen LogP contribution in [-0.2, 0) is 9.59 Å². The number of aliphatic hydroxyl groups is 1. The first-order valence-corrected chi connectivity index (χ1v) is 9.52. The average Bonchev–Trinajstić information content (AvgIpc) is 3.00. The minimum atomic E-state index is -0.858. The third-order valence-electron chi connectivity index (χ3n) is 4.70. The SMILES string of the molecule is O=C1C(=O)N(c2cccnc2)C(c2ccc(O)cc2)/C1=C(\O)c1ccc(Br)cc1. The monoisotopic (exact) mass is 450 g/mol. The smallest absolute Gasteiger partial charge is 0.300 e. The number of rotatable bonds is 3. The summed E-state index contributed by atoms with van der Waals surface area (Å²) in [6, 6.07) is 15.4. The Bertz CT molecular complexity index is 1110. The maximum Gasteiger partial charge on any atom is 0.300 e. The van der Waals surface area contributed by atoms with Crippen LogP contribution in [0.1, 0.15) is 17.2 Å². The lowest BCUT2D eigenvalue weighted by Crippen LogP contribution is -2.29. The average molecular weight is 451 g/mol. The molecule has 1 unspecified atom stereocenters. The highest BCUT2D eigenvalue weighted by Crippen LogP contribution is 2.42. The second kappa shape index (κ2) is 7.52. The lowest BCUT2D eigenvalue weighted by molar-refractivity contribution is -0.132.